The highest BCUT2D eigenvalue weighted by Crippen LogP contribution is 2.31. The second kappa shape index (κ2) is 9.66. The highest BCUT2D eigenvalue weighted by Gasteiger charge is 2.11. The van der Waals surface area contributed by atoms with Gasteiger partial charge in [0, 0.05) is 17.6 Å². The maximum atomic E-state index is 5.38. The number of ether oxygens (including phenoxy) is 2. The van der Waals surface area contributed by atoms with Crippen molar-refractivity contribution >= 4 is 27.9 Å². The third-order valence-corrected chi connectivity index (χ3v) is 4.76. The van der Waals surface area contributed by atoms with E-state index in [2.05, 4.69) is 40.6 Å². The molecule has 0 saturated heterocycles. The maximum Gasteiger partial charge on any atom is 0.133 e. The van der Waals surface area contributed by atoms with Crippen molar-refractivity contribution in [2.75, 3.05) is 14.2 Å². The van der Waals surface area contributed by atoms with Gasteiger partial charge in [0.05, 0.1) is 18.1 Å². The van der Waals surface area contributed by atoms with Crippen LogP contribution in [0.25, 0.3) is 0 Å². The fraction of sp³-hybridized carbons (Fsp3) is 0.600. The predicted octanol–water partition coefficient (Wildman–Crippen LogP) is 4.65. The van der Waals surface area contributed by atoms with Gasteiger partial charge in [-0.2, -0.15) is 0 Å². The first-order valence-electron chi connectivity index (χ1n) is 6.89. The zero-order valence-electron chi connectivity index (χ0n) is 12.6. The summed E-state index contributed by atoms with van der Waals surface area (Å²) in [5.41, 5.74) is 0. The predicted molar refractivity (Wildman–Crippen MR) is 89.5 cm³/mol. The van der Waals surface area contributed by atoms with E-state index in [1.807, 2.05) is 12.1 Å². The lowest BCUT2D eigenvalue weighted by Crippen LogP contribution is -2.23. The zero-order valence-corrected chi connectivity index (χ0v) is 15.0. The van der Waals surface area contributed by atoms with Gasteiger partial charge in [-0.1, -0.05) is 22.9 Å². The van der Waals surface area contributed by atoms with Crippen LogP contribution in [0.2, 0.25) is 0 Å². The molecule has 0 aliphatic rings. The Hall–Kier alpha value is -0.230. The van der Waals surface area contributed by atoms with Crippen LogP contribution < -0.4 is 9.46 Å². The molecule has 1 aromatic carbocycles. The summed E-state index contributed by atoms with van der Waals surface area (Å²) < 4.78 is 15.3. The summed E-state index contributed by atoms with van der Waals surface area (Å²) in [6.45, 7) is 4.31. The van der Waals surface area contributed by atoms with Crippen LogP contribution in [0, 0.1) is 0 Å². The average Bonchev–Trinajstić information content (AvgIpc) is 2.47. The highest BCUT2D eigenvalue weighted by atomic mass is 79.9. The summed E-state index contributed by atoms with van der Waals surface area (Å²) >= 11 is 5.13. The number of hydrogen-bond donors (Lipinski definition) is 1. The lowest BCUT2D eigenvalue weighted by atomic mass is 10.1. The van der Waals surface area contributed by atoms with Gasteiger partial charge in [-0.15, -0.1) is 0 Å². The quantitative estimate of drug-likeness (QED) is 0.648. The van der Waals surface area contributed by atoms with Crippen molar-refractivity contribution in [2.45, 2.75) is 50.2 Å². The van der Waals surface area contributed by atoms with Crippen molar-refractivity contribution in [2.24, 2.45) is 0 Å². The van der Waals surface area contributed by atoms with Gasteiger partial charge in [-0.3, -0.25) is 4.72 Å². The molecule has 0 fully saturated rings. The summed E-state index contributed by atoms with van der Waals surface area (Å²) in [5, 5.41) is 0. The normalized spacial score (nSPS) is 14.1. The molecule has 0 bridgehead atoms. The number of nitrogens with one attached hydrogen (secondary N) is 1. The fourth-order valence-corrected chi connectivity index (χ4v) is 3.31. The summed E-state index contributed by atoms with van der Waals surface area (Å²) in [5.74, 6) is 0.894. The molecule has 1 rings (SSSR count). The summed E-state index contributed by atoms with van der Waals surface area (Å²) in [7, 11) is 3.46. The molecule has 114 valence electrons. The lowest BCUT2D eigenvalue weighted by Gasteiger charge is -2.19. The van der Waals surface area contributed by atoms with Crippen LogP contribution in [0.1, 0.15) is 33.1 Å². The molecule has 0 aliphatic heterocycles. The molecular weight excluding hydrogens is 338 g/mol. The van der Waals surface area contributed by atoms with Crippen molar-refractivity contribution in [3.8, 4) is 5.75 Å². The maximum absolute atomic E-state index is 5.38. The van der Waals surface area contributed by atoms with Crippen LogP contribution in [0.4, 0.5) is 0 Å². The Balaban J connectivity index is 2.53. The van der Waals surface area contributed by atoms with Gasteiger partial charge in [-0.25, -0.2) is 0 Å². The van der Waals surface area contributed by atoms with Crippen molar-refractivity contribution in [1.29, 1.82) is 0 Å². The Morgan fingerprint density at radius 1 is 1.30 bits per heavy atom. The van der Waals surface area contributed by atoms with Gasteiger partial charge < -0.3 is 9.47 Å². The molecule has 5 heteroatoms. The van der Waals surface area contributed by atoms with Crippen molar-refractivity contribution < 1.29 is 9.47 Å². The number of halogens is 1. The van der Waals surface area contributed by atoms with Gasteiger partial charge in [-0.05, 0) is 56.3 Å². The summed E-state index contributed by atoms with van der Waals surface area (Å²) in [4.78, 5) is 1.10. The molecule has 0 unspecified atom stereocenters. The molecule has 0 radical (unpaired) electrons. The third kappa shape index (κ3) is 6.04. The van der Waals surface area contributed by atoms with Gasteiger partial charge >= 0.3 is 0 Å². The van der Waals surface area contributed by atoms with Crippen molar-refractivity contribution in [3.63, 3.8) is 0 Å². The average molecular weight is 362 g/mol. The molecule has 0 saturated carbocycles. The van der Waals surface area contributed by atoms with Crippen LogP contribution in [0.3, 0.4) is 0 Å². The molecule has 1 N–H and O–H groups in total. The standard InChI is InChI=1S/C15H24BrNO2S/c1-5-13(8-6-11(2)18-3)17-20-15-10-12(16)7-9-14(15)19-4/h7,9-11,13,17H,5-6,8H2,1-4H3/t11-,13+/m0/s1. The van der Waals surface area contributed by atoms with E-state index >= 15 is 0 Å². The minimum absolute atomic E-state index is 0.316. The number of benzene rings is 1. The van der Waals surface area contributed by atoms with Crippen LogP contribution in [0.5, 0.6) is 5.75 Å². The van der Waals surface area contributed by atoms with Gasteiger partial charge in [0.15, 0.2) is 0 Å². The van der Waals surface area contributed by atoms with Gasteiger partial charge in [0.2, 0.25) is 0 Å². The zero-order chi connectivity index (χ0) is 15.0. The molecular formula is C15H24BrNO2S. The monoisotopic (exact) mass is 361 g/mol. The first-order chi connectivity index (χ1) is 9.60. The van der Waals surface area contributed by atoms with E-state index in [-0.39, 0.29) is 0 Å². The number of methoxy groups -OCH3 is 2. The highest BCUT2D eigenvalue weighted by molar-refractivity contribution is 9.10. The van der Waals surface area contributed by atoms with E-state index in [1.165, 1.54) is 0 Å². The Labute approximate surface area is 135 Å². The van der Waals surface area contributed by atoms with Crippen LogP contribution >= 0.6 is 27.9 Å². The second-order valence-corrected chi connectivity index (χ2v) is 6.54. The Morgan fingerprint density at radius 3 is 2.65 bits per heavy atom. The van der Waals surface area contributed by atoms with Gasteiger partial charge in [0.1, 0.15) is 5.75 Å². The Bertz CT molecular complexity index is 403. The van der Waals surface area contributed by atoms with Crippen molar-refractivity contribution in [1.82, 2.24) is 4.72 Å². The Kier molecular flexibility index (Phi) is 8.61. The first-order valence-corrected chi connectivity index (χ1v) is 8.50. The van der Waals surface area contributed by atoms with Crippen LogP contribution in [0.15, 0.2) is 27.6 Å². The smallest absolute Gasteiger partial charge is 0.133 e. The molecule has 0 aromatic heterocycles. The Morgan fingerprint density at radius 2 is 2.05 bits per heavy atom. The first kappa shape index (κ1) is 17.8. The second-order valence-electron chi connectivity index (χ2n) is 4.74. The molecule has 0 heterocycles. The lowest BCUT2D eigenvalue weighted by molar-refractivity contribution is 0.107. The van der Waals surface area contributed by atoms with E-state index in [0.717, 1.165) is 34.4 Å². The van der Waals surface area contributed by atoms with E-state index in [1.54, 1.807) is 26.2 Å². The van der Waals surface area contributed by atoms with E-state index in [9.17, 15) is 0 Å². The van der Waals surface area contributed by atoms with E-state index < -0.39 is 0 Å². The van der Waals surface area contributed by atoms with Crippen molar-refractivity contribution in [3.05, 3.63) is 22.7 Å². The van der Waals surface area contributed by atoms with Gasteiger partial charge in [0.25, 0.3) is 0 Å². The fourth-order valence-electron chi connectivity index (χ4n) is 1.78. The largest absolute Gasteiger partial charge is 0.496 e. The molecule has 2 atom stereocenters. The molecule has 0 spiro atoms. The van der Waals surface area contributed by atoms with E-state index in [0.29, 0.717) is 12.1 Å². The minimum atomic E-state index is 0.316. The van der Waals surface area contributed by atoms with Crippen LogP contribution in [-0.4, -0.2) is 26.4 Å². The molecule has 0 amide bonds. The SMILES string of the molecule is CC[C@H](CC[C@H](C)OC)NSc1cc(Br)ccc1OC. The molecule has 0 aliphatic carbocycles. The summed E-state index contributed by atoms with van der Waals surface area (Å²) in [6, 6.07) is 6.50. The van der Waals surface area contributed by atoms with E-state index in [4.69, 9.17) is 9.47 Å². The third-order valence-electron chi connectivity index (χ3n) is 3.28. The van der Waals surface area contributed by atoms with Crippen LogP contribution in [-0.2, 0) is 4.74 Å². The minimum Gasteiger partial charge on any atom is -0.496 e. The molecule has 3 nitrogen and oxygen atoms in total. The topological polar surface area (TPSA) is 30.5 Å². The number of hydrogen-bond acceptors (Lipinski definition) is 4. The molecule has 1 aromatic rings. The summed E-state index contributed by atoms with van der Waals surface area (Å²) in [6.07, 6.45) is 3.59. The molecule has 20 heavy (non-hydrogen) atoms. The number of rotatable bonds is 9.